The topological polar surface area (TPSA) is 108 Å². The number of anilines is 1. The number of nitrogens with zero attached hydrogens (tertiary/aromatic N) is 4. The number of aromatic nitrogens is 4. The maximum absolute atomic E-state index is 13.0. The van der Waals surface area contributed by atoms with Crippen molar-refractivity contribution in [3.63, 3.8) is 0 Å². The Balaban J connectivity index is 1.44. The van der Waals surface area contributed by atoms with E-state index in [-0.39, 0.29) is 23.4 Å². The number of ether oxygens (including phenoxy) is 2. The van der Waals surface area contributed by atoms with Crippen molar-refractivity contribution in [2.75, 3.05) is 31.7 Å². The number of rotatable bonds is 1. The first-order chi connectivity index (χ1) is 16.7. The Morgan fingerprint density at radius 1 is 1.06 bits per heavy atom. The first kappa shape index (κ1) is 22.8. The van der Waals surface area contributed by atoms with Gasteiger partial charge in [-0.1, -0.05) is 0 Å². The number of Topliss-reactive ketones (excluding diaryl/α,β-unsaturated/α-hetero) is 1. The number of carbonyl (C=O) groups excluding carboxylic acids is 2. The zero-order valence-corrected chi connectivity index (χ0v) is 19.7. The lowest BCUT2D eigenvalue weighted by atomic mass is 10.1. The first-order valence-corrected chi connectivity index (χ1v) is 12.6. The van der Waals surface area contributed by atoms with Gasteiger partial charge in [0.15, 0.2) is 11.5 Å². The van der Waals surface area contributed by atoms with Gasteiger partial charge in [0.2, 0.25) is 0 Å². The van der Waals surface area contributed by atoms with E-state index in [4.69, 9.17) is 9.47 Å². The van der Waals surface area contributed by atoms with Crippen LogP contribution in [0.5, 0.6) is 0 Å². The van der Waals surface area contributed by atoms with Gasteiger partial charge in [-0.25, -0.2) is 4.98 Å². The number of hydrogen-bond acceptors (Lipinski definition) is 8. The molecular weight excluding hydrogens is 454 g/mol. The van der Waals surface area contributed by atoms with Gasteiger partial charge in [0.1, 0.15) is 10.7 Å². The predicted octanol–water partition coefficient (Wildman–Crippen LogP) is 3.93. The van der Waals surface area contributed by atoms with E-state index in [1.807, 2.05) is 12.1 Å². The molecule has 0 atom stereocenters. The summed E-state index contributed by atoms with van der Waals surface area (Å²) in [6.45, 7) is 2.43. The van der Waals surface area contributed by atoms with Crippen LogP contribution in [-0.4, -0.2) is 57.9 Å². The lowest BCUT2D eigenvalue weighted by Crippen LogP contribution is -2.20. The van der Waals surface area contributed by atoms with Crippen LogP contribution in [0.1, 0.15) is 64.8 Å². The van der Waals surface area contributed by atoms with E-state index in [2.05, 4.69) is 20.4 Å². The van der Waals surface area contributed by atoms with E-state index in [0.29, 0.717) is 50.7 Å². The van der Waals surface area contributed by atoms with Crippen molar-refractivity contribution in [3.8, 4) is 10.6 Å². The third-order valence-corrected chi connectivity index (χ3v) is 6.92. The molecular formula is C24H27N5O4S. The van der Waals surface area contributed by atoms with Crippen molar-refractivity contribution in [1.82, 2.24) is 19.7 Å². The molecule has 0 aromatic carbocycles. The second-order valence-corrected chi connectivity index (χ2v) is 9.34. The van der Waals surface area contributed by atoms with Crippen molar-refractivity contribution in [3.05, 3.63) is 47.0 Å². The highest BCUT2D eigenvalue weighted by molar-refractivity contribution is 7.13. The molecule has 34 heavy (non-hydrogen) atoms. The number of amides is 1. The Bertz CT molecular complexity index is 1170. The number of ketones is 1. The quantitative estimate of drug-likeness (QED) is 0.561. The predicted molar refractivity (Wildman–Crippen MR) is 127 cm³/mol. The van der Waals surface area contributed by atoms with Crippen molar-refractivity contribution < 1.29 is 19.1 Å². The lowest BCUT2D eigenvalue weighted by molar-refractivity contribution is 0.0660. The highest BCUT2D eigenvalue weighted by atomic mass is 32.1. The van der Waals surface area contributed by atoms with Crippen molar-refractivity contribution in [2.45, 2.75) is 44.6 Å². The van der Waals surface area contributed by atoms with Gasteiger partial charge >= 0.3 is 0 Å². The van der Waals surface area contributed by atoms with Gasteiger partial charge in [-0.2, -0.15) is 5.10 Å². The molecule has 4 bridgehead atoms. The van der Waals surface area contributed by atoms with Crippen LogP contribution in [0.3, 0.4) is 0 Å². The molecule has 5 heterocycles. The van der Waals surface area contributed by atoms with Crippen LogP contribution >= 0.6 is 11.3 Å². The highest BCUT2D eigenvalue weighted by Gasteiger charge is 2.24. The fraction of sp³-hybridized carbons (Fsp3) is 0.458. The molecule has 0 aliphatic carbocycles. The van der Waals surface area contributed by atoms with Crippen molar-refractivity contribution >= 4 is 28.7 Å². The number of carbonyl (C=O) groups is 2. The Labute approximate surface area is 201 Å². The molecule has 0 spiro atoms. The van der Waals surface area contributed by atoms with E-state index in [0.717, 1.165) is 41.9 Å². The minimum Gasteiger partial charge on any atom is -0.381 e. The molecule has 3 aromatic rings. The maximum atomic E-state index is 13.0. The van der Waals surface area contributed by atoms with Crippen molar-refractivity contribution in [1.29, 1.82) is 0 Å². The molecule has 0 unspecified atom stereocenters. The number of nitrogens with one attached hydrogen (secondary N) is 1. The molecule has 1 fully saturated rings. The average Bonchev–Trinajstić information content (AvgIpc) is 3.52. The molecule has 1 saturated heterocycles. The minimum atomic E-state index is -0.359. The molecule has 5 rings (SSSR count). The fourth-order valence-electron chi connectivity index (χ4n) is 4.18. The molecule has 178 valence electrons. The number of hydrogen-bond donors (Lipinski definition) is 1. The summed E-state index contributed by atoms with van der Waals surface area (Å²) in [5.74, 6) is -0.467. The van der Waals surface area contributed by atoms with E-state index in [9.17, 15) is 9.59 Å². The average molecular weight is 482 g/mol. The lowest BCUT2D eigenvalue weighted by Gasteiger charge is -2.22. The fourth-order valence-corrected chi connectivity index (χ4v) is 4.98. The Morgan fingerprint density at radius 3 is 2.71 bits per heavy atom. The number of fused-ring (bicyclic) bond motifs is 6. The summed E-state index contributed by atoms with van der Waals surface area (Å²) in [5, 5.41) is 9.95. The van der Waals surface area contributed by atoms with Gasteiger partial charge < -0.3 is 14.8 Å². The minimum absolute atomic E-state index is 0.107. The SMILES string of the molecule is O=C1Nc2cn(C3CCOCC3)nc2C(=O)CCCOCCCc2cc(ccn2)-c2nc1cs2. The van der Waals surface area contributed by atoms with Crippen LogP contribution in [0, 0.1) is 0 Å². The molecule has 2 aliphatic heterocycles. The summed E-state index contributed by atoms with van der Waals surface area (Å²) in [5.41, 5.74) is 2.91. The molecule has 2 aliphatic rings. The largest absolute Gasteiger partial charge is 0.381 e. The summed E-state index contributed by atoms with van der Waals surface area (Å²) in [6.07, 6.45) is 7.71. The summed E-state index contributed by atoms with van der Waals surface area (Å²) in [4.78, 5) is 35.0. The second-order valence-electron chi connectivity index (χ2n) is 8.49. The maximum Gasteiger partial charge on any atom is 0.275 e. The zero-order chi connectivity index (χ0) is 23.3. The molecule has 0 radical (unpaired) electrons. The Hall–Kier alpha value is -2.95. The first-order valence-electron chi connectivity index (χ1n) is 11.7. The normalized spacial score (nSPS) is 18.6. The number of aryl methyl sites for hydroxylation is 1. The third-order valence-electron chi connectivity index (χ3n) is 6.02. The van der Waals surface area contributed by atoms with Gasteiger partial charge in [-0.15, -0.1) is 11.3 Å². The van der Waals surface area contributed by atoms with Crippen LogP contribution in [0.25, 0.3) is 10.6 Å². The van der Waals surface area contributed by atoms with E-state index in [1.54, 1.807) is 22.5 Å². The third kappa shape index (κ3) is 5.24. The molecule has 9 nitrogen and oxygen atoms in total. The summed E-state index contributed by atoms with van der Waals surface area (Å²) in [6, 6.07) is 4.05. The molecule has 1 N–H and O–H groups in total. The van der Waals surface area contributed by atoms with Crippen LogP contribution < -0.4 is 5.32 Å². The van der Waals surface area contributed by atoms with Crippen LogP contribution in [-0.2, 0) is 15.9 Å². The molecule has 0 saturated carbocycles. The standard InChI is InChI=1S/C24H27N5O4S/c30-21-4-2-10-32-9-1-3-17-13-16(5-8-25-17)24-27-20(15-34-24)23(31)26-19-14-29(28-22(19)21)18-6-11-33-12-7-18/h5,8,13-15,18H,1-4,6-7,9-12H2,(H,26,31). The summed E-state index contributed by atoms with van der Waals surface area (Å²) >= 11 is 1.41. The van der Waals surface area contributed by atoms with Crippen LogP contribution in [0.2, 0.25) is 0 Å². The number of pyridine rings is 1. The van der Waals surface area contributed by atoms with Gasteiger partial charge in [-0.05, 0) is 44.2 Å². The number of thiazole rings is 1. The zero-order valence-electron chi connectivity index (χ0n) is 18.9. The van der Waals surface area contributed by atoms with Gasteiger partial charge in [0.25, 0.3) is 5.91 Å². The van der Waals surface area contributed by atoms with E-state index >= 15 is 0 Å². The smallest absolute Gasteiger partial charge is 0.275 e. The van der Waals surface area contributed by atoms with Crippen LogP contribution in [0.4, 0.5) is 5.69 Å². The van der Waals surface area contributed by atoms with Gasteiger partial charge in [0.05, 0.1) is 11.7 Å². The highest BCUT2D eigenvalue weighted by Crippen LogP contribution is 2.27. The van der Waals surface area contributed by atoms with Gasteiger partial charge in [0, 0.05) is 61.9 Å². The second kappa shape index (κ2) is 10.5. The van der Waals surface area contributed by atoms with Crippen LogP contribution in [0.15, 0.2) is 29.9 Å². The monoisotopic (exact) mass is 481 g/mol. The van der Waals surface area contributed by atoms with Crippen molar-refractivity contribution in [2.24, 2.45) is 0 Å². The molecule has 10 heteroatoms. The Kier molecular flexibility index (Phi) is 7.08. The van der Waals surface area contributed by atoms with E-state index < -0.39 is 0 Å². The Morgan fingerprint density at radius 2 is 1.85 bits per heavy atom. The van der Waals surface area contributed by atoms with E-state index in [1.165, 1.54) is 11.3 Å². The summed E-state index contributed by atoms with van der Waals surface area (Å²) in [7, 11) is 0. The summed E-state index contributed by atoms with van der Waals surface area (Å²) < 4.78 is 13.0. The van der Waals surface area contributed by atoms with Gasteiger partial charge in [-0.3, -0.25) is 19.3 Å². The molecule has 1 amide bonds. The molecule has 3 aromatic heterocycles.